The molecule has 0 bridgehead atoms. The standard InChI is InChI=1S/C16H17ClN4O2/c1-10(2)15-18-8-13-16(22)20(3)14(19-21(13)15)9-23-12-6-4-11(17)5-7-12/h4-8,10H,9H2,1-3H3. The Hall–Kier alpha value is -2.34. The molecule has 2 aromatic heterocycles. The normalized spacial score (nSPS) is 11.3. The molecular formula is C16H17ClN4O2. The van der Waals surface area contributed by atoms with E-state index in [-0.39, 0.29) is 18.1 Å². The number of rotatable bonds is 4. The first kappa shape index (κ1) is 15.6. The van der Waals surface area contributed by atoms with Gasteiger partial charge in [0.1, 0.15) is 18.2 Å². The van der Waals surface area contributed by atoms with Crippen molar-refractivity contribution in [3.05, 3.63) is 57.5 Å². The SMILES string of the molecule is CC(C)c1ncc2c(=O)n(C)c(COc3ccc(Cl)cc3)nn12. The Labute approximate surface area is 138 Å². The third kappa shape index (κ3) is 2.94. The van der Waals surface area contributed by atoms with Gasteiger partial charge in [0.2, 0.25) is 0 Å². The first-order chi connectivity index (χ1) is 11.0. The zero-order chi connectivity index (χ0) is 16.6. The van der Waals surface area contributed by atoms with Crippen LogP contribution in [0.1, 0.15) is 31.4 Å². The molecule has 0 unspecified atom stereocenters. The third-order valence-electron chi connectivity index (χ3n) is 3.59. The largest absolute Gasteiger partial charge is 0.486 e. The molecule has 7 heteroatoms. The molecule has 0 aliphatic heterocycles. The monoisotopic (exact) mass is 332 g/mol. The molecule has 1 aromatic carbocycles. The number of benzene rings is 1. The zero-order valence-electron chi connectivity index (χ0n) is 13.2. The molecule has 0 N–H and O–H groups in total. The maximum atomic E-state index is 12.4. The predicted molar refractivity (Wildman–Crippen MR) is 88.1 cm³/mol. The Morgan fingerprint density at radius 3 is 2.61 bits per heavy atom. The van der Waals surface area contributed by atoms with Gasteiger partial charge in [-0.3, -0.25) is 9.36 Å². The van der Waals surface area contributed by atoms with Crippen LogP contribution in [-0.4, -0.2) is 19.2 Å². The number of imidazole rings is 1. The van der Waals surface area contributed by atoms with E-state index >= 15 is 0 Å². The van der Waals surface area contributed by atoms with E-state index in [4.69, 9.17) is 16.3 Å². The van der Waals surface area contributed by atoms with E-state index in [1.807, 2.05) is 13.8 Å². The summed E-state index contributed by atoms with van der Waals surface area (Å²) in [5, 5.41) is 5.16. The minimum Gasteiger partial charge on any atom is -0.486 e. The molecule has 0 fully saturated rings. The van der Waals surface area contributed by atoms with Crippen LogP contribution in [0.2, 0.25) is 5.02 Å². The van der Waals surface area contributed by atoms with E-state index in [0.717, 1.165) is 5.82 Å². The molecule has 0 saturated heterocycles. The summed E-state index contributed by atoms with van der Waals surface area (Å²) in [5.74, 6) is 2.11. The first-order valence-corrected chi connectivity index (χ1v) is 7.67. The van der Waals surface area contributed by atoms with Gasteiger partial charge in [-0.05, 0) is 24.3 Å². The summed E-state index contributed by atoms with van der Waals surface area (Å²) in [4.78, 5) is 16.7. The molecule has 0 spiro atoms. The zero-order valence-corrected chi connectivity index (χ0v) is 13.9. The summed E-state index contributed by atoms with van der Waals surface area (Å²) >= 11 is 5.85. The number of hydrogen-bond donors (Lipinski definition) is 0. The maximum Gasteiger partial charge on any atom is 0.279 e. The Bertz CT molecular complexity index is 897. The van der Waals surface area contributed by atoms with Crippen molar-refractivity contribution in [2.24, 2.45) is 7.05 Å². The second-order valence-electron chi connectivity index (χ2n) is 5.59. The smallest absolute Gasteiger partial charge is 0.279 e. The lowest BCUT2D eigenvalue weighted by Gasteiger charge is -2.11. The van der Waals surface area contributed by atoms with E-state index in [2.05, 4.69) is 10.1 Å². The summed E-state index contributed by atoms with van der Waals surface area (Å²) in [7, 11) is 1.68. The molecule has 23 heavy (non-hydrogen) atoms. The number of hydrogen-bond acceptors (Lipinski definition) is 4. The van der Waals surface area contributed by atoms with Gasteiger partial charge in [0.15, 0.2) is 11.3 Å². The molecule has 120 valence electrons. The highest BCUT2D eigenvalue weighted by Gasteiger charge is 2.15. The van der Waals surface area contributed by atoms with Gasteiger partial charge in [-0.15, -0.1) is 5.10 Å². The summed E-state index contributed by atoms with van der Waals surface area (Å²) in [6.07, 6.45) is 1.56. The Kier molecular flexibility index (Phi) is 4.09. The Balaban J connectivity index is 1.96. The van der Waals surface area contributed by atoms with Crippen LogP contribution in [0.4, 0.5) is 0 Å². The maximum absolute atomic E-state index is 12.4. The van der Waals surface area contributed by atoms with E-state index < -0.39 is 0 Å². The van der Waals surface area contributed by atoms with Crippen LogP contribution in [0, 0.1) is 0 Å². The number of fused-ring (bicyclic) bond motifs is 1. The first-order valence-electron chi connectivity index (χ1n) is 7.29. The fourth-order valence-corrected chi connectivity index (χ4v) is 2.41. The van der Waals surface area contributed by atoms with Crippen molar-refractivity contribution in [3.8, 4) is 5.75 Å². The predicted octanol–water partition coefficient (Wildman–Crippen LogP) is 2.78. The van der Waals surface area contributed by atoms with Gasteiger partial charge in [-0.2, -0.15) is 0 Å². The van der Waals surface area contributed by atoms with Crippen molar-refractivity contribution in [2.75, 3.05) is 0 Å². The quantitative estimate of drug-likeness (QED) is 0.737. The van der Waals surface area contributed by atoms with Gasteiger partial charge in [-0.25, -0.2) is 9.50 Å². The summed E-state index contributed by atoms with van der Waals surface area (Å²) in [5.41, 5.74) is 0.320. The minimum absolute atomic E-state index is 0.144. The van der Waals surface area contributed by atoms with Gasteiger partial charge >= 0.3 is 0 Å². The lowest BCUT2D eigenvalue weighted by atomic mass is 10.2. The van der Waals surface area contributed by atoms with Gasteiger partial charge in [0, 0.05) is 18.0 Å². The number of nitrogens with zero attached hydrogens (tertiary/aromatic N) is 4. The van der Waals surface area contributed by atoms with Crippen LogP contribution in [-0.2, 0) is 13.7 Å². The van der Waals surface area contributed by atoms with Crippen molar-refractivity contribution < 1.29 is 4.74 Å². The van der Waals surface area contributed by atoms with Crippen LogP contribution in [0.3, 0.4) is 0 Å². The van der Waals surface area contributed by atoms with E-state index in [9.17, 15) is 4.79 Å². The fraction of sp³-hybridized carbons (Fsp3) is 0.312. The number of aromatic nitrogens is 4. The van der Waals surface area contributed by atoms with Gasteiger partial charge in [-0.1, -0.05) is 25.4 Å². The topological polar surface area (TPSA) is 61.4 Å². The average molecular weight is 333 g/mol. The molecule has 0 saturated carbocycles. The highest BCUT2D eigenvalue weighted by atomic mass is 35.5. The molecule has 0 amide bonds. The van der Waals surface area contributed by atoms with E-state index in [0.29, 0.717) is 22.1 Å². The van der Waals surface area contributed by atoms with Crippen LogP contribution in [0.15, 0.2) is 35.3 Å². The molecule has 0 atom stereocenters. The van der Waals surface area contributed by atoms with Crippen molar-refractivity contribution in [2.45, 2.75) is 26.4 Å². The summed E-state index contributed by atoms with van der Waals surface area (Å²) < 4.78 is 8.78. The molecule has 0 radical (unpaired) electrons. The summed E-state index contributed by atoms with van der Waals surface area (Å²) in [6, 6.07) is 7.05. The summed E-state index contributed by atoms with van der Waals surface area (Å²) in [6.45, 7) is 4.20. The van der Waals surface area contributed by atoms with Crippen molar-refractivity contribution in [1.29, 1.82) is 0 Å². The second-order valence-corrected chi connectivity index (χ2v) is 6.03. The molecule has 0 aliphatic carbocycles. The highest BCUT2D eigenvalue weighted by Crippen LogP contribution is 2.17. The van der Waals surface area contributed by atoms with E-state index in [1.165, 1.54) is 4.57 Å². The Morgan fingerprint density at radius 2 is 1.96 bits per heavy atom. The second kappa shape index (κ2) is 6.04. The highest BCUT2D eigenvalue weighted by molar-refractivity contribution is 6.30. The molecule has 3 rings (SSSR count). The van der Waals surface area contributed by atoms with Gasteiger partial charge in [0.25, 0.3) is 5.56 Å². The number of halogens is 1. The Morgan fingerprint density at radius 1 is 1.26 bits per heavy atom. The van der Waals surface area contributed by atoms with Gasteiger partial charge < -0.3 is 4.74 Å². The fourth-order valence-electron chi connectivity index (χ4n) is 2.28. The lowest BCUT2D eigenvalue weighted by Crippen LogP contribution is -2.26. The molecule has 6 nitrogen and oxygen atoms in total. The van der Waals surface area contributed by atoms with Crippen molar-refractivity contribution in [1.82, 2.24) is 19.2 Å². The number of ether oxygens (including phenoxy) is 1. The van der Waals surface area contributed by atoms with Crippen LogP contribution >= 0.6 is 11.6 Å². The van der Waals surface area contributed by atoms with Crippen LogP contribution in [0.5, 0.6) is 5.75 Å². The van der Waals surface area contributed by atoms with Crippen LogP contribution < -0.4 is 10.3 Å². The molecular weight excluding hydrogens is 316 g/mol. The third-order valence-corrected chi connectivity index (χ3v) is 3.84. The van der Waals surface area contributed by atoms with Gasteiger partial charge in [0.05, 0.1) is 6.20 Å². The minimum atomic E-state index is -0.144. The van der Waals surface area contributed by atoms with E-state index in [1.54, 1.807) is 42.0 Å². The molecule has 0 aliphatic rings. The van der Waals surface area contributed by atoms with Crippen molar-refractivity contribution in [3.63, 3.8) is 0 Å². The lowest BCUT2D eigenvalue weighted by molar-refractivity contribution is 0.286. The molecule has 2 heterocycles. The van der Waals surface area contributed by atoms with Crippen LogP contribution in [0.25, 0.3) is 5.52 Å². The van der Waals surface area contributed by atoms with Crippen molar-refractivity contribution >= 4 is 17.1 Å². The average Bonchev–Trinajstić information content (AvgIpc) is 2.95. The molecule has 3 aromatic rings.